The Morgan fingerprint density at radius 1 is 1.34 bits per heavy atom. The highest BCUT2D eigenvalue weighted by atomic mass is 32.1. The van der Waals surface area contributed by atoms with Gasteiger partial charge in [-0.1, -0.05) is 25.1 Å². The molecule has 0 aliphatic carbocycles. The van der Waals surface area contributed by atoms with Gasteiger partial charge in [0.1, 0.15) is 0 Å². The molecule has 29 heavy (non-hydrogen) atoms. The number of anilines is 1. The second kappa shape index (κ2) is 8.94. The maximum absolute atomic E-state index is 12.8. The lowest BCUT2D eigenvalue weighted by atomic mass is 9.97. The van der Waals surface area contributed by atoms with Crippen LogP contribution in [-0.4, -0.2) is 34.8 Å². The molecule has 1 aromatic heterocycles. The van der Waals surface area contributed by atoms with Crippen LogP contribution < -0.4 is 5.32 Å². The zero-order valence-electron chi connectivity index (χ0n) is 16.0. The number of alkyl halides is 3. The number of benzene rings is 1. The summed E-state index contributed by atoms with van der Waals surface area (Å²) in [4.78, 5) is 31.1. The van der Waals surface area contributed by atoms with Gasteiger partial charge in [0, 0.05) is 37.0 Å². The molecule has 1 aromatic carbocycles. The van der Waals surface area contributed by atoms with Gasteiger partial charge in [-0.05, 0) is 24.5 Å². The van der Waals surface area contributed by atoms with Crippen LogP contribution in [0.2, 0.25) is 0 Å². The van der Waals surface area contributed by atoms with E-state index in [4.69, 9.17) is 0 Å². The van der Waals surface area contributed by atoms with Crippen molar-refractivity contribution in [1.29, 1.82) is 0 Å². The topological polar surface area (TPSA) is 62.3 Å². The van der Waals surface area contributed by atoms with Crippen LogP contribution in [0.25, 0.3) is 0 Å². The summed E-state index contributed by atoms with van der Waals surface area (Å²) < 4.78 is 38.5. The first kappa shape index (κ1) is 21.3. The first-order valence-corrected chi connectivity index (χ1v) is 10.3. The molecular weight excluding hydrogens is 403 g/mol. The van der Waals surface area contributed by atoms with Crippen molar-refractivity contribution >= 4 is 28.3 Å². The fraction of sp³-hybridized carbons (Fsp3) is 0.450. The number of carbonyl (C=O) groups is 2. The number of thiazole rings is 1. The highest BCUT2D eigenvalue weighted by molar-refractivity contribution is 7.15. The molecule has 1 unspecified atom stereocenters. The van der Waals surface area contributed by atoms with Gasteiger partial charge in [0.15, 0.2) is 5.13 Å². The van der Waals surface area contributed by atoms with Gasteiger partial charge in [-0.15, -0.1) is 11.3 Å². The van der Waals surface area contributed by atoms with E-state index in [9.17, 15) is 22.8 Å². The van der Waals surface area contributed by atoms with Gasteiger partial charge in [-0.3, -0.25) is 9.59 Å². The van der Waals surface area contributed by atoms with Crippen LogP contribution in [0.3, 0.4) is 0 Å². The first-order chi connectivity index (χ1) is 13.8. The van der Waals surface area contributed by atoms with Gasteiger partial charge in [0.25, 0.3) is 0 Å². The molecule has 2 heterocycles. The SMILES string of the molecule is CCC(=O)N1CCCC(C(=O)Nc2ncc(Cc3cccc(C(F)(F)F)c3)s2)C1. The van der Waals surface area contributed by atoms with E-state index in [0.717, 1.165) is 23.4 Å². The Kier molecular flexibility index (Phi) is 6.56. The fourth-order valence-corrected chi connectivity index (χ4v) is 4.20. The van der Waals surface area contributed by atoms with Crippen molar-refractivity contribution in [3.63, 3.8) is 0 Å². The molecule has 1 saturated heterocycles. The van der Waals surface area contributed by atoms with E-state index in [1.54, 1.807) is 24.1 Å². The van der Waals surface area contributed by atoms with Gasteiger partial charge in [-0.25, -0.2) is 4.98 Å². The Hall–Kier alpha value is -2.42. The number of amides is 2. The van der Waals surface area contributed by atoms with Gasteiger partial charge in [0.2, 0.25) is 11.8 Å². The van der Waals surface area contributed by atoms with Crippen LogP contribution in [0.1, 0.15) is 42.2 Å². The minimum atomic E-state index is -4.38. The second-order valence-electron chi connectivity index (χ2n) is 7.03. The minimum absolute atomic E-state index is 0.0418. The summed E-state index contributed by atoms with van der Waals surface area (Å²) in [6, 6.07) is 5.18. The summed E-state index contributed by atoms with van der Waals surface area (Å²) in [5, 5.41) is 3.19. The number of carbonyl (C=O) groups excluding carboxylic acids is 2. The number of aromatic nitrogens is 1. The van der Waals surface area contributed by atoms with Gasteiger partial charge < -0.3 is 10.2 Å². The lowest BCUT2D eigenvalue weighted by Crippen LogP contribution is -2.43. The summed E-state index contributed by atoms with van der Waals surface area (Å²) >= 11 is 1.24. The number of hydrogen-bond donors (Lipinski definition) is 1. The summed E-state index contributed by atoms with van der Waals surface area (Å²) in [6.45, 7) is 2.88. The third-order valence-electron chi connectivity index (χ3n) is 4.86. The molecule has 0 spiro atoms. The first-order valence-electron chi connectivity index (χ1n) is 9.45. The van der Waals surface area contributed by atoms with E-state index in [0.29, 0.717) is 43.0 Å². The summed E-state index contributed by atoms with van der Waals surface area (Å²) in [5.41, 5.74) is -0.154. The van der Waals surface area contributed by atoms with Crippen LogP contribution in [-0.2, 0) is 22.2 Å². The Labute approximate surface area is 170 Å². The Balaban J connectivity index is 1.60. The van der Waals surface area contributed by atoms with Gasteiger partial charge in [0.05, 0.1) is 11.5 Å². The predicted molar refractivity (Wildman–Crippen MR) is 105 cm³/mol. The molecule has 1 atom stereocenters. The zero-order valence-corrected chi connectivity index (χ0v) is 16.8. The Bertz CT molecular complexity index is 882. The van der Waals surface area contributed by atoms with E-state index >= 15 is 0 Å². The molecule has 1 N–H and O–H groups in total. The van der Waals surface area contributed by atoms with Crippen LogP contribution >= 0.6 is 11.3 Å². The molecule has 9 heteroatoms. The lowest BCUT2D eigenvalue weighted by Gasteiger charge is -2.31. The van der Waals surface area contributed by atoms with Crippen molar-refractivity contribution in [3.05, 3.63) is 46.5 Å². The molecule has 156 valence electrons. The highest BCUT2D eigenvalue weighted by Crippen LogP contribution is 2.31. The average molecular weight is 425 g/mol. The molecule has 1 aliphatic heterocycles. The quantitative estimate of drug-likeness (QED) is 0.775. The predicted octanol–water partition coefficient (Wildman–Crippen LogP) is 4.34. The second-order valence-corrected chi connectivity index (χ2v) is 8.14. The molecule has 5 nitrogen and oxygen atoms in total. The maximum atomic E-state index is 12.8. The summed E-state index contributed by atoms with van der Waals surface area (Å²) in [6.07, 6.45) is -0.603. The summed E-state index contributed by atoms with van der Waals surface area (Å²) in [7, 11) is 0. The molecule has 0 radical (unpaired) electrons. The molecular formula is C20H22F3N3O2S. The molecule has 1 fully saturated rings. The maximum Gasteiger partial charge on any atom is 0.416 e. The van der Waals surface area contributed by atoms with Crippen molar-refractivity contribution in [2.75, 3.05) is 18.4 Å². The van der Waals surface area contributed by atoms with E-state index in [2.05, 4.69) is 10.3 Å². The molecule has 1 aliphatic rings. The van der Waals surface area contributed by atoms with Crippen LogP contribution in [0.5, 0.6) is 0 Å². The van der Waals surface area contributed by atoms with Crippen LogP contribution in [0, 0.1) is 5.92 Å². The largest absolute Gasteiger partial charge is 0.416 e. The molecule has 2 amide bonds. The lowest BCUT2D eigenvalue weighted by molar-refractivity contribution is -0.137. The van der Waals surface area contributed by atoms with E-state index in [1.165, 1.54) is 17.4 Å². The number of nitrogens with one attached hydrogen (secondary N) is 1. The Morgan fingerprint density at radius 2 is 2.14 bits per heavy atom. The summed E-state index contributed by atoms with van der Waals surface area (Å²) in [5.74, 6) is -0.422. The third kappa shape index (κ3) is 5.56. The molecule has 0 saturated carbocycles. The molecule has 0 bridgehead atoms. The van der Waals surface area contributed by atoms with Crippen molar-refractivity contribution in [1.82, 2.24) is 9.88 Å². The van der Waals surface area contributed by atoms with Crippen molar-refractivity contribution < 1.29 is 22.8 Å². The number of nitrogens with zero attached hydrogens (tertiary/aromatic N) is 2. The van der Waals surface area contributed by atoms with E-state index < -0.39 is 11.7 Å². The standard InChI is InChI=1S/C20H22F3N3O2S/c1-2-17(27)26-8-4-6-14(12-26)18(28)25-19-24-11-16(29-19)10-13-5-3-7-15(9-13)20(21,22)23/h3,5,7,9,11,14H,2,4,6,8,10,12H2,1H3,(H,24,25,28). The third-order valence-corrected chi connectivity index (χ3v) is 5.78. The smallest absolute Gasteiger partial charge is 0.342 e. The fourth-order valence-electron chi connectivity index (χ4n) is 3.35. The number of hydrogen-bond acceptors (Lipinski definition) is 4. The van der Waals surface area contributed by atoms with Crippen LogP contribution in [0.4, 0.5) is 18.3 Å². The van der Waals surface area contributed by atoms with E-state index in [1.807, 2.05) is 0 Å². The zero-order chi connectivity index (χ0) is 21.0. The number of likely N-dealkylation sites (tertiary alicyclic amines) is 1. The number of rotatable bonds is 5. The number of halogens is 3. The van der Waals surface area contributed by atoms with Gasteiger partial charge >= 0.3 is 6.18 Å². The highest BCUT2D eigenvalue weighted by Gasteiger charge is 2.30. The van der Waals surface area contributed by atoms with E-state index in [-0.39, 0.29) is 17.7 Å². The van der Waals surface area contributed by atoms with Crippen molar-refractivity contribution in [2.24, 2.45) is 5.92 Å². The molecule has 3 rings (SSSR count). The van der Waals surface area contributed by atoms with Crippen molar-refractivity contribution in [2.45, 2.75) is 38.8 Å². The monoisotopic (exact) mass is 425 g/mol. The average Bonchev–Trinajstić information content (AvgIpc) is 3.13. The van der Waals surface area contributed by atoms with Crippen molar-refractivity contribution in [3.8, 4) is 0 Å². The minimum Gasteiger partial charge on any atom is -0.342 e. The van der Waals surface area contributed by atoms with Crippen LogP contribution in [0.15, 0.2) is 30.5 Å². The molecule has 2 aromatic rings. The number of piperidine rings is 1. The Morgan fingerprint density at radius 3 is 2.86 bits per heavy atom. The normalized spacial score (nSPS) is 17.2. The van der Waals surface area contributed by atoms with Gasteiger partial charge in [-0.2, -0.15) is 13.2 Å².